The summed E-state index contributed by atoms with van der Waals surface area (Å²) in [6.07, 6.45) is 0. The third-order valence-corrected chi connectivity index (χ3v) is 3.35. The van der Waals surface area contributed by atoms with Crippen LogP contribution in [0.15, 0.2) is 42.5 Å². The minimum atomic E-state index is -0.283. The predicted molar refractivity (Wildman–Crippen MR) is 78.0 cm³/mol. The van der Waals surface area contributed by atoms with Crippen molar-refractivity contribution >= 4 is 23.2 Å². The minimum absolute atomic E-state index is 0.283. The van der Waals surface area contributed by atoms with Crippen molar-refractivity contribution in [3.05, 3.63) is 70.0 Å². The van der Waals surface area contributed by atoms with Gasteiger partial charge in [-0.2, -0.15) is 0 Å². The molecule has 0 heterocycles. The smallest absolute Gasteiger partial charge is 0.129 e. The lowest BCUT2D eigenvalue weighted by Crippen LogP contribution is -2.13. The van der Waals surface area contributed by atoms with Gasteiger partial charge in [0.05, 0.1) is 0 Å². The summed E-state index contributed by atoms with van der Waals surface area (Å²) in [5.74, 6) is 0.217. The minimum Gasteiger partial charge on any atom is -0.309 e. The fourth-order valence-corrected chi connectivity index (χ4v) is 2.15. The average molecular weight is 298 g/mol. The summed E-state index contributed by atoms with van der Waals surface area (Å²) in [5, 5.41) is 3.62. The number of hydrogen-bond acceptors (Lipinski definition) is 1. The molecule has 0 saturated carbocycles. The van der Waals surface area contributed by atoms with Gasteiger partial charge in [-0.1, -0.05) is 41.9 Å². The van der Waals surface area contributed by atoms with Crippen LogP contribution in [0.2, 0.25) is 5.02 Å². The fraction of sp³-hybridized carbons (Fsp3) is 0.200. The Hall–Kier alpha value is -1.09. The van der Waals surface area contributed by atoms with Crippen molar-refractivity contribution in [2.24, 2.45) is 0 Å². The second-order valence-corrected chi connectivity index (χ2v) is 5.00. The molecule has 1 nitrogen and oxygen atoms in total. The maximum absolute atomic E-state index is 13.6. The van der Waals surface area contributed by atoms with Crippen molar-refractivity contribution < 1.29 is 4.39 Å². The summed E-state index contributed by atoms with van der Waals surface area (Å²) in [6.45, 7) is 1.14. The lowest BCUT2D eigenvalue weighted by atomic mass is 10.1. The number of benzene rings is 2. The zero-order valence-corrected chi connectivity index (χ0v) is 11.8. The number of alkyl halides is 1. The first-order chi connectivity index (χ1) is 9.19. The fourth-order valence-electron chi connectivity index (χ4n) is 1.83. The Bertz CT molecular complexity index is 558. The van der Waals surface area contributed by atoms with Crippen molar-refractivity contribution in [3.63, 3.8) is 0 Å². The number of nitrogens with one attached hydrogen (secondary N) is 1. The maximum atomic E-state index is 13.6. The average Bonchev–Trinajstić information content (AvgIpc) is 2.41. The van der Waals surface area contributed by atoms with Crippen LogP contribution in [0.4, 0.5) is 4.39 Å². The van der Waals surface area contributed by atoms with Crippen LogP contribution in [0.1, 0.15) is 16.7 Å². The van der Waals surface area contributed by atoms with Gasteiger partial charge in [0.1, 0.15) is 5.82 Å². The summed E-state index contributed by atoms with van der Waals surface area (Å²) >= 11 is 11.5. The normalized spacial score (nSPS) is 10.7. The van der Waals surface area contributed by atoms with Crippen LogP contribution in [0, 0.1) is 5.82 Å². The molecule has 0 spiro atoms. The second-order valence-electron chi connectivity index (χ2n) is 4.29. The van der Waals surface area contributed by atoms with Gasteiger partial charge in [-0.15, -0.1) is 11.6 Å². The molecular weight excluding hydrogens is 284 g/mol. The first-order valence-corrected chi connectivity index (χ1v) is 6.88. The third kappa shape index (κ3) is 4.20. The molecular formula is C15H14Cl2FN. The van der Waals surface area contributed by atoms with Gasteiger partial charge in [0.25, 0.3) is 0 Å². The van der Waals surface area contributed by atoms with Gasteiger partial charge < -0.3 is 5.32 Å². The van der Waals surface area contributed by atoms with E-state index in [1.54, 1.807) is 12.1 Å². The molecule has 0 radical (unpaired) electrons. The third-order valence-electron chi connectivity index (χ3n) is 2.81. The summed E-state index contributed by atoms with van der Waals surface area (Å²) in [7, 11) is 0. The zero-order chi connectivity index (χ0) is 13.7. The quantitative estimate of drug-likeness (QED) is 0.801. The molecule has 0 aliphatic heterocycles. The lowest BCUT2D eigenvalue weighted by molar-refractivity contribution is 0.588. The van der Waals surface area contributed by atoms with E-state index in [0.717, 1.165) is 11.1 Å². The largest absolute Gasteiger partial charge is 0.309 e. The molecule has 0 aliphatic carbocycles. The Morgan fingerprint density at radius 2 is 1.79 bits per heavy atom. The topological polar surface area (TPSA) is 12.0 Å². The van der Waals surface area contributed by atoms with Crippen LogP contribution < -0.4 is 5.32 Å². The summed E-state index contributed by atoms with van der Waals surface area (Å²) in [6, 6.07) is 12.7. The molecule has 100 valence electrons. The van der Waals surface area contributed by atoms with Crippen molar-refractivity contribution in [1.82, 2.24) is 5.32 Å². The molecule has 0 aliphatic rings. The van der Waals surface area contributed by atoms with Crippen LogP contribution in [-0.2, 0) is 19.0 Å². The second kappa shape index (κ2) is 6.90. The lowest BCUT2D eigenvalue weighted by Gasteiger charge is -2.07. The first-order valence-electron chi connectivity index (χ1n) is 5.97. The van der Waals surface area contributed by atoms with Crippen molar-refractivity contribution in [2.75, 3.05) is 0 Å². The Morgan fingerprint density at radius 1 is 1.00 bits per heavy atom. The molecule has 0 atom stereocenters. The molecule has 2 aromatic rings. The molecule has 2 rings (SSSR count). The molecule has 0 fully saturated rings. The Labute approximate surface area is 122 Å². The van der Waals surface area contributed by atoms with Crippen molar-refractivity contribution in [3.8, 4) is 0 Å². The van der Waals surface area contributed by atoms with Crippen LogP contribution in [0.25, 0.3) is 0 Å². The molecule has 4 heteroatoms. The monoisotopic (exact) mass is 297 g/mol. The maximum Gasteiger partial charge on any atom is 0.129 e. The summed E-state index contributed by atoms with van der Waals surface area (Å²) in [4.78, 5) is 0. The van der Waals surface area contributed by atoms with Gasteiger partial charge >= 0.3 is 0 Å². The van der Waals surface area contributed by atoms with Gasteiger partial charge in [-0.05, 0) is 23.3 Å². The van der Waals surface area contributed by atoms with E-state index >= 15 is 0 Å². The molecule has 19 heavy (non-hydrogen) atoms. The highest BCUT2D eigenvalue weighted by atomic mass is 35.5. The highest BCUT2D eigenvalue weighted by Crippen LogP contribution is 2.14. The molecule has 0 saturated heterocycles. The van der Waals surface area contributed by atoms with E-state index in [9.17, 15) is 4.39 Å². The molecule has 0 bridgehead atoms. The molecule has 2 aromatic carbocycles. The van der Waals surface area contributed by atoms with E-state index in [0.29, 0.717) is 29.6 Å². The molecule has 0 amide bonds. The van der Waals surface area contributed by atoms with Gasteiger partial charge in [0, 0.05) is 29.6 Å². The van der Waals surface area contributed by atoms with Crippen LogP contribution in [-0.4, -0.2) is 0 Å². The van der Waals surface area contributed by atoms with E-state index in [2.05, 4.69) is 5.32 Å². The number of hydrogen-bond donors (Lipinski definition) is 1. The van der Waals surface area contributed by atoms with E-state index in [1.807, 2.05) is 24.3 Å². The van der Waals surface area contributed by atoms with Crippen LogP contribution >= 0.6 is 23.2 Å². The van der Waals surface area contributed by atoms with Gasteiger partial charge in [0.15, 0.2) is 0 Å². The summed E-state index contributed by atoms with van der Waals surface area (Å²) in [5.41, 5.74) is 2.82. The van der Waals surface area contributed by atoms with Crippen molar-refractivity contribution in [2.45, 2.75) is 19.0 Å². The van der Waals surface area contributed by atoms with Gasteiger partial charge in [-0.25, -0.2) is 4.39 Å². The highest BCUT2D eigenvalue weighted by molar-refractivity contribution is 6.30. The van der Waals surface area contributed by atoms with Gasteiger partial charge in [0.2, 0.25) is 0 Å². The molecule has 1 N–H and O–H groups in total. The number of rotatable bonds is 5. The van der Waals surface area contributed by atoms with Crippen LogP contribution in [0.3, 0.4) is 0 Å². The highest BCUT2D eigenvalue weighted by Gasteiger charge is 2.02. The molecule has 0 unspecified atom stereocenters. The van der Waals surface area contributed by atoms with E-state index in [1.165, 1.54) is 6.07 Å². The number of halogens is 3. The Kier molecular flexibility index (Phi) is 5.20. The zero-order valence-electron chi connectivity index (χ0n) is 10.3. The van der Waals surface area contributed by atoms with E-state index in [-0.39, 0.29) is 5.82 Å². The molecule has 0 aromatic heterocycles. The van der Waals surface area contributed by atoms with Gasteiger partial charge in [-0.3, -0.25) is 0 Å². The van der Waals surface area contributed by atoms with E-state index < -0.39 is 0 Å². The van der Waals surface area contributed by atoms with Crippen LogP contribution in [0.5, 0.6) is 0 Å². The standard InChI is InChI=1S/C15H14Cl2FN/c16-8-11-2-1-3-12(6-11)9-19-10-13-4-5-14(17)7-15(13)18/h1-7,19H,8-10H2. The SMILES string of the molecule is Fc1cc(Cl)ccc1CNCc1cccc(CCl)c1. The van der Waals surface area contributed by atoms with Crippen molar-refractivity contribution in [1.29, 1.82) is 0 Å². The first kappa shape index (κ1) is 14.3. The predicted octanol–water partition coefficient (Wildman–Crippen LogP) is 4.51. The Morgan fingerprint density at radius 3 is 2.53 bits per heavy atom. The summed E-state index contributed by atoms with van der Waals surface area (Å²) < 4.78 is 13.6. The van der Waals surface area contributed by atoms with E-state index in [4.69, 9.17) is 23.2 Å². The Balaban J connectivity index is 1.92.